The SMILES string of the molecule is Cc1cc2c(n1-c1ccc(Br)cc1)CC(C)(C)C/C2=N\OC(=O)c1ccco1. The van der Waals surface area contributed by atoms with Crippen LogP contribution < -0.4 is 0 Å². The van der Waals surface area contributed by atoms with Crippen LogP contribution in [0.5, 0.6) is 0 Å². The van der Waals surface area contributed by atoms with Gasteiger partial charge in [-0.2, -0.15) is 0 Å². The first kappa shape index (κ1) is 18.7. The summed E-state index contributed by atoms with van der Waals surface area (Å²) in [6.45, 7) is 6.49. The predicted octanol–water partition coefficient (Wildman–Crippen LogP) is 5.67. The van der Waals surface area contributed by atoms with E-state index in [0.717, 1.165) is 40.0 Å². The van der Waals surface area contributed by atoms with Gasteiger partial charge in [-0.3, -0.25) is 0 Å². The van der Waals surface area contributed by atoms with Gasteiger partial charge in [-0.25, -0.2) is 4.79 Å². The minimum absolute atomic E-state index is 0.000823. The number of aryl methyl sites for hydroxylation is 1. The highest BCUT2D eigenvalue weighted by Crippen LogP contribution is 2.38. The highest BCUT2D eigenvalue weighted by molar-refractivity contribution is 9.10. The molecule has 28 heavy (non-hydrogen) atoms. The summed E-state index contributed by atoms with van der Waals surface area (Å²) in [4.78, 5) is 17.3. The molecule has 0 radical (unpaired) electrons. The number of fused-ring (bicyclic) bond motifs is 1. The lowest BCUT2D eigenvalue weighted by Gasteiger charge is -2.31. The van der Waals surface area contributed by atoms with Crippen molar-refractivity contribution in [2.45, 2.75) is 33.6 Å². The van der Waals surface area contributed by atoms with Crippen LogP contribution in [0.2, 0.25) is 0 Å². The maximum atomic E-state index is 12.1. The molecule has 0 saturated heterocycles. The minimum atomic E-state index is -0.591. The third-order valence-corrected chi connectivity index (χ3v) is 5.46. The zero-order chi connectivity index (χ0) is 19.9. The summed E-state index contributed by atoms with van der Waals surface area (Å²) in [5.74, 6) is -0.449. The lowest BCUT2D eigenvalue weighted by atomic mass is 9.76. The highest BCUT2D eigenvalue weighted by Gasteiger charge is 2.33. The molecular weight excluding hydrogens is 420 g/mol. The second kappa shape index (κ2) is 7.09. The Morgan fingerprint density at radius 2 is 1.96 bits per heavy atom. The Balaban J connectivity index is 1.74. The Kier molecular flexibility index (Phi) is 4.75. The zero-order valence-electron chi connectivity index (χ0n) is 16.0. The summed E-state index contributed by atoms with van der Waals surface area (Å²) in [5, 5.41) is 4.22. The van der Waals surface area contributed by atoms with Crippen LogP contribution in [0.3, 0.4) is 0 Å². The molecule has 0 aliphatic heterocycles. The van der Waals surface area contributed by atoms with E-state index in [4.69, 9.17) is 9.25 Å². The third kappa shape index (κ3) is 3.56. The smallest absolute Gasteiger partial charge is 0.400 e. The average molecular weight is 441 g/mol. The van der Waals surface area contributed by atoms with E-state index in [0.29, 0.717) is 0 Å². The van der Waals surface area contributed by atoms with Crippen LogP contribution >= 0.6 is 15.9 Å². The van der Waals surface area contributed by atoms with Gasteiger partial charge in [0, 0.05) is 27.1 Å². The van der Waals surface area contributed by atoms with Crippen LogP contribution in [-0.2, 0) is 11.3 Å². The van der Waals surface area contributed by atoms with E-state index in [-0.39, 0.29) is 11.2 Å². The van der Waals surface area contributed by atoms with E-state index >= 15 is 0 Å². The van der Waals surface area contributed by atoms with Crippen molar-refractivity contribution >= 4 is 27.6 Å². The van der Waals surface area contributed by atoms with E-state index in [9.17, 15) is 4.79 Å². The summed E-state index contributed by atoms with van der Waals surface area (Å²) in [7, 11) is 0. The van der Waals surface area contributed by atoms with Crippen molar-refractivity contribution in [3.63, 3.8) is 0 Å². The van der Waals surface area contributed by atoms with Crippen LogP contribution in [0.15, 0.2) is 62.8 Å². The Morgan fingerprint density at radius 3 is 2.64 bits per heavy atom. The summed E-state index contributed by atoms with van der Waals surface area (Å²) in [5.41, 5.74) is 5.23. The second-order valence-electron chi connectivity index (χ2n) is 7.87. The Morgan fingerprint density at radius 1 is 1.21 bits per heavy atom. The second-order valence-corrected chi connectivity index (χ2v) is 8.79. The van der Waals surface area contributed by atoms with Gasteiger partial charge in [-0.15, -0.1) is 0 Å². The number of carbonyl (C=O) groups excluding carboxylic acids is 1. The maximum absolute atomic E-state index is 12.1. The molecule has 0 atom stereocenters. The van der Waals surface area contributed by atoms with Gasteiger partial charge in [-0.05, 0) is 67.6 Å². The standard InChI is InChI=1S/C22H21BrN2O3/c1-14-11-17-18(24-28-21(26)20-5-4-10-27-20)12-22(2,3)13-19(17)25(14)16-8-6-15(23)7-9-16/h4-11H,12-13H2,1-3H3/b24-18+. The fourth-order valence-corrected chi connectivity index (χ4v) is 4.01. The molecule has 4 rings (SSSR count). The number of nitrogens with zero attached hydrogens (tertiary/aromatic N) is 2. The fraction of sp³-hybridized carbons (Fsp3) is 0.273. The van der Waals surface area contributed by atoms with Crippen molar-refractivity contribution in [1.29, 1.82) is 0 Å². The third-order valence-electron chi connectivity index (χ3n) is 4.94. The molecule has 1 aromatic carbocycles. The number of rotatable bonds is 3. The summed E-state index contributed by atoms with van der Waals surface area (Å²) >= 11 is 3.50. The van der Waals surface area contributed by atoms with Crippen molar-refractivity contribution in [1.82, 2.24) is 4.57 Å². The van der Waals surface area contributed by atoms with Gasteiger partial charge in [0.15, 0.2) is 0 Å². The van der Waals surface area contributed by atoms with E-state index in [1.54, 1.807) is 12.1 Å². The number of hydrogen-bond donors (Lipinski definition) is 0. The normalized spacial score (nSPS) is 16.8. The van der Waals surface area contributed by atoms with E-state index in [1.807, 2.05) is 12.1 Å². The largest absolute Gasteiger partial charge is 0.457 e. The van der Waals surface area contributed by atoms with Crippen molar-refractivity contribution < 1.29 is 14.0 Å². The van der Waals surface area contributed by atoms with Crippen molar-refractivity contribution in [2.24, 2.45) is 10.6 Å². The molecule has 3 aromatic rings. The molecule has 0 bridgehead atoms. The number of furan rings is 1. The lowest BCUT2D eigenvalue weighted by molar-refractivity contribution is 0.0477. The Hall–Kier alpha value is -2.60. The number of halogens is 1. The van der Waals surface area contributed by atoms with Crippen LogP contribution in [0.4, 0.5) is 0 Å². The molecule has 0 unspecified atom stereocenters. The van der Waals surface area contributed by atoms with E-state index in [2.05, 4.69) is 64.6 Å². The molecule has 2 heterocycles. The van der Waals surface area contributed by atoms with E-state index in [1.165, 1.54) is 12.0 Å². The number of hydrogen-bond acceptors (Lipinski definition) is 4. The number of benzene rings is 1. The Labute approximate surface area is 172 Å². The average Bonchev–Trinajstić information content (AvgIpc) is 3.28. The lowest BCUT2D eigenvalue weighted by Crippen LogP contribution is -2.28. The topological polar surface area (TPSA) is 56.7 Å². The molecule has 0 fully saturated rings. The van der Waals surface area contributed by atoms with Gasteiger partial charge < -0.3 is 13.8 Å². The first-order valence-corrected chi connectivity index (χ1v) is 9.93. The van der Waals surface area contributed by atoms with Crippen molar-refractivity contribution in [2.75, 3.05) is 0 Å². The van der Waals surface area contributed by atoms with Crippen LogP contribution in [0.1, 0.15) is 47.8 Å². The van der Waals surface area contributed by atoms with E-state index < -0.39 is 5.97 Å². The first-order valence-electron chi connectivity index (χ1n) is 9.13. The minimum Gasteiger partial charge on any atom is -0.457 e. The molecule has 1 aliphatic rings. The molecule has 0 spiro atoms. The molecule has 0 amide bonds. The zero-order valence-corrected chi connectivity index (χ0v) is 17.6. The van der Waals surface area contributed by atoms with Crippen molar-refractivity contribution in [3.8, 4) is 5.69 Å². The predicted molar refractivity (Wildman–Crippen MR) is 111 cm³/mol. The summed E-state index contributed by atoms with van der Waals surface area (Å²) in [6, 6.07) is 13.6. The van der Waals surface area contributed by atoms with Crippen LogP contribution in [0, 0.1) is 12.3 Å². The molecule has 144 valence electrons. The summed E-state index contributed by atoms with van der Waals surface area (Å²) < 4.78 is 8.38. The van der Waals surface area contributed by atoms with Crippen LogP contribution in [-0.4, -0.2) is 16.2 Å². The number of carbonyl (C=O) groups is 1. The molecule has 0 N–H and O–H groups in total. The molecule has 2 aromatic heterocycles. The monoisotopic (exact) mass is 440 g/mol. The molecule has 0 saturated carbocycles. The highest BCUT2D eigenvalue weighted by atomic mass is 79.9. The van der Waals surface area contributed by atoms with Gasteiger partial charge in [0.25, 0.3) is 0 Å². The molecular formula is C22H21BrN2O3. The number of aromatic nitrogens is 1. The quantitative estimate of drug-likeness (QED) is 0.389. The fourth-order valence-electron chi connectivity index (χ4n) is 3.75. The van der Waals surface area contributed by atoms with Gasteiger partial charge in [0.05, 0.1) is 12.0 Å². The maximum Gasteiger partial charge on any atom is 0.400 e. The molecule has 1 aliphatic carbocycles. The van der Waals surface area contributed by atoms with Crippen molar-refractivity contribution in [3.05, 3.63) is 75.9 Å². The van der Waals surface area contributed by atoms with Gasteiger partial charge in [0.2, 0.25) is 5.76 Å². The number of oxime groups is 1. The molecule has 6 heteroatoms. The van der Waals surface area contributed by atoms with Gasteiger partial charge in [0.1, 0.15) is 0 Å². The first-order chi connectivity index (χ1) is 13.3. The molecule has 5 nitrogen and oxygen atoms in total. The van der Waals surface area contributed by atoms with Gasteiger partial charge in [-0.1, -0.05) is 34.9 Å². The summed E-state index contributed by atoms with van der Waals surface area (Å²) in [6.07, 6.45) is 3.08. The Bertz CT molecular complexity index is 1040. The van der Waals surface area contributed by atoms with Crippen LogP contribution in [0.25, 0.3) is 5.69 Å². The van der Waals surface area contributed by atoms with Gasteiger partial charge >= 0.3 is 5.97 Å².